The van der Waals surface area contributed by atoms with Gasteiger partial charge in [-0.1, -0.05) is 24.3 Å². The zero-order valence-corrected chi connectivity index (χ0v) is 11.3. The van der Waals surface area contributed by atoms with Crippen LogP contribution in [0.1, 0.15) is 11.1 Å². The van der Waals surface area contributed by atoms with Gasteiger partial charge in [0.15, 0.2) is 0 Å². The lowest BCUT2D eigenvalue weighted by molar-refractivity contribution is -0.137. The molecule has 7 heteroatoms. The van der Waals surface area contributed by atoms with E-state index in [1.165, 1.54) is 6.07 Å². The van der Waals surface area contributed by atoms with Crippen molar-refractivity contribution in [3.63, 3.8) is 0 Å². The van der Waals surface area contributed by atoms with Crippen molar-refractivity contribution in [3.05, 3.63) is 53.6 Å². The molecule has 0 fully saturated rings. The maximum Gasteiger partial charge on any atom is 0.416 e. The molecule has 2 aromatic rings. The molecule has 2 aromatic carbocycles. The number of primary amides is 1. The largest absolute Gasteiger partial charge is 0.416 e. The number of carbonyl (C=O) groups is 1. The van der Waals surface area contributed by atoms with E-state index in [1.54, 1.807) is 24.3 Å². The Morgan fingerprint density at radius 1 is 1.18 bits per heavy atom. The molecule has 0 radical (unpaired) electrons. The van der Waals surface area contributed by atoms with Gasteiger partial charge in [-0.2, -0.15) is 13.2 Å². The van der Waals surface area contributed by atoms with E-state index in [0.717, 1.165) is 12.1 Å². The fourth-order valence-electron chi connectivity index (χ4n) is 2.05. The van der Waals surface area contributed by atoms with Gasteiger partial charge < -0.3 is 16.2 Å². The molecule has 4 N–H and O–H groups in total. The predicted molar refractivity (Wildman–Crippen MR) is 76.0 cm³/mol. The molecule has 0 atom stereocenters. The smallest absolute Gasteiger partial charge is 0.392 e. The molecule has 0 saturated carbocycles. The van der Waals surface area contributed by atoms with Crippen LogP contribution in [-0.2, 0) is 12.8 Å². The molecule has 0 unspecified atom stereocenters. The average Bonchev–Trinajstić information content (AvgIpc) is 2.45. The Morgan fingerprint density at radius 3 is 2.50 bits per heavy atom. The van der Waals surface area contributed by atoms with E-state index in [9.17, 15) is 18.0 Å². The van der Waals surface area contributed by atoms with Crippen molar-refractivity contribution in [2.45, 2.75) is 12.8 Å². The van der Waals surface area contributed by atoms with Gasteiger partial charge >= 0.3 is 12.2 Å². The van der Waals surface area contributed by atoms with E-state index < -0.39 is 17.8 Å². The number of carbonyl (C=O) groups excluding carboxylic acids is 1. The lowest BCUT2D eigenvalue weighted by atomic mass is 9.99. The summed E-state index contributed by atoms with van der Waals surface area (Å²) in [5.74, 6) is 0. The monoisotopic (exact) mass is 310 g/mol. The van der Waals surface area contributed by atoms with Crippen LogP contribution in [0.5, 0.6) is 0 Å². The van der Waals surface area contributed by atoms with Crippen molar-refractivity contribution in [1.29, 1.82) is 0 Å². The highest BCUT2D eigenvalue weighted by atomic mass is 19.4. The second-order valence-corrected chi connectivity index (χ2v) is 4.61. The molecule has 0 aliphatic rings. The number of nitrogens with two attached hydrogens (primary N) is 1. The zero-order chi connectivity index (χ0) is 16.3. The van der Waals surface area contributed by atoms with Gasteiger partial charge in [0, 0.05) is 5.56 Å². The van der Waals surface area contributed by atoms with Crippen molar-refractivity contribution in [1.82, 2.24) is 0 Å². The first-order chi connectivity index (χ1) is 10.3. The molecule has 4 nitrogen and oxygen atoms in total. The summed E-state index contributed by atoms with van der Waals surface area (Å²) in [7, 11) is 0. The summed E-state index contributed by atoms with van der Waals surface area (Å²) in [4.78, 5) is 11.0. The fourth-order valence-corrected chi connectivity index (χ4v) is 2.05. The van der Waals surface area contributed by atoms with Crippen LogP contribution in [0, 0.1) is 0 Å². The number of rotatable bonds is 3. The standard InChI is InChI=1S/C15H13F3N2O2/c16-15(17,18)11-4-5-12(13(7-11)20-14(19)22)10-3-1-2-9(6-10)8-21/h1-7,21H,8H2,(H3,19,20,22). The summed E-state index contributed by atoms with van der Waals surface area (Å²) >= 11 is 0. The van der Waals surface area contributed by atoms with Crippen LogP contribution in [0.4, 0.5) is 23.7 Å². The minimum Gasteiger partial charge on any atom is -0.392 e. The Morgan fingerprint density at radius 2 is 1.91 bits per heavy atom. The molecular formula is C15H13F3N2O2. The third kappa shape index (κ3) is 3.56. The second kappa shape index (κ2) is 6.07. The minimum absolute atomic E-state index is 0.0441. The van der Waals surface area contributed by atoms with E-state index in [0.29, 0.717) is 16.7 Å². The number of anilines is 1. The summed E-state index contributed by atoms with van der Waals surface area (Å²) in [5.41, 5.74) is 5.62. The number of aliphatic hydroxyl groups excluding tert-OH is 1. The molecule has 116 valence electrons. The van der Waals surface area contributed by atoms with Crippen molar-refractivity contribution >= 4 is 11.7 Å². The van der Waals surface area contributed by atoms with Crippen molar-refractivity contribution in [2.24, 2.45) is 5.73 Å². The third-order valence-corrected chi connectivity index (χ3v) is 3.03. The molecule has 0 aromatic heterocycles. The number of hydrogen-bond donors (Lipinski definition) is 3. The molecule has 0 aliphatic heterocycles. The summed E-state index contributed by atoms with van der Waals surface area (Å²) < 4.78 is 38.3. The molecular weight excluding hydrogens is 297 g/mol. The average molecular weight is 310 g/mol. The molecule has 0 spiro atoms. The first-order valence-corrected chi connectivity index (χ1v) is 6.29. The predicted octanol–water partition coefficient (Wildman–Crippen LogP) is 3.36. The number of amides is 2. The van der Waals surface area contributed by atoms with Gasteiger partial charge in [-0.25, -0.2) is 4.79 Å². The molecule has 0 bridgehead atoms. The van der Waals surface area contributed by atoms with Crippen LogP contribution in [0.15, 0.2) is 42.5 Å². The normalized spacial score (nSPS) is 11.3. The number of urea groups is 1. The van der Waals surface area contributed by atoms with Crippen LogP contribution in [0.2, 0.25) is 0 Å². The summed E-state index contributed by atoms with van der Waals surface area (Å²) in [6.45, 7) is -0.201. The Hall–Kier alpha value is -2.54. The van der Waals surface area contributed by atoms with Crippen LogP contribution in [0.3, 0.4) is 0 Å². The van der Waals surface area contributed by atoms with E-state index in [1.807, 2.05) is 0 Å². The van der Waals surface area contributed by atoms with Gasteiger partial charge in [0.05, 0.1) is 17.9 Å². The Kier molecular flexibility index (Phi) is 4.37. The zero-order valence-electron chi connectivity index (χ0n) is 11.3. The number of hydrogen-bond acceptors (Lipinski definition) is 2. The third-order valence-electron chi connectivity index (χ3n) is 3.03. The van der Waals surface area contributed by atoms with Crippen LogP contribution in [0.25, 0.3) is 11.1 Å². The highest BCUT2D eigenvalue weighted by Crippen LogP contribution is 2.36. The van der Waals surface area contributed by atoms with Gasteiger partial charge in [-0.3, -0.25) is 0 Å². The number of benzene rings is 2. The Bertz CT molecular complexity index is 699. The van der Waals surface area contributed by atoms with E-state index in [-0.39, 0.29) is 12.3 Å². The van der Waals surface area contributed by atoms with Crippen LogP contribution < -0.4 is 11.1 Å². The summed E-state index contributed by atoms with van der Waals surface area (Å²) in [6, 6.07) is 8.66. The number of aliphatic hydroxyl groups is 1. The summed E-state index contributed by atoms with van der Waals surface area (Å²) in [6.07, 6.45) is -4.53. The first-order valence-electron chi connectivity index (χ1n) is 6.29. The fraction of sp³-hybridized carbons (Fsp3) is 0.133. The summed E-state index contributed by atoms with van der Waals surface area (Å²) in [5, 5.41) is 11.3. The van der Waals surface area contributed by atoms with Gasteiger partial charge in [0.1, 0.15) is 0 Å². The van der Waals surface area contributed by atoms with Crippen LogP contribution in [-0.4, -0.2) is 11.1 Å². The molecule has 0 aliphatic carbocycles. The molecule has 22 heavy (non-hydrogen) atoms. The topological polar surface area (TPSA) is 75.4 Å². The van der Waals surface area contributed by atoms with Crippen molar-refractivity contribution < 1.29 is 23.1 Å². The highest BCUT2D eigenvalue weighted by Gasteiger charge is 2.31. The SMILES string of the molecule is NC(=O)Nc1cc(C(F)(F)F)ccc1-c1cccc(CO)c1. The maximum absolute atomic E-state index is 12.8. The van der Waals surface area contributed by atoms with Crippen molar-refractivity contribution in [3.8, 4) is 11.1 Å². The van der Waals surface area contributed by atoms with Gasteiger partial charge in [0.2, 0.25) is 0 Å². The quantitative estimate of drug-likeness (QED) is 0.813. The molecule has 0 saturated heterocycles. The van der Waals surface area contributed by atoms with Gasteiger partial charge in [-0.15, -0.1) is 0 Å². The highest BCUT2D eigenvalue weighted by molar-refractivity contribution is 5.93. The maximum atomic E-state index is 12.8. The second-order valence-electron chi connectivity index (χ2n) is 4.61. The lowest BCUT2D eigenvalue weighted by Gasteiger charge is -2.14. The van der Waals surface area contributed by atoms with Gasteiger partial charge in [0.25, 0.3) is 0 Å². The molecule has 2 rings (SSSR count). The molecule has 2 amide bonds. The van der Waals surface area contributed by atoms with Crippen LogP contribution >= 0.6 is 0 Å². The lowest BCUT2D eigenvalue weighted by Crippen LogP contribution is -2.20. The first kappa shape index (κ1) is 15.8. The van der Waals surface area contributed by atoms with E-state index >= 15 is 0 Å². The molecule has 0 heterocycles. The van der Waals surface area contributed by atoms with E-state index in [4.69, 9.17) is 10.8 Å². The minimum atomic E-state index is -4.53. The Balaban J connectivity index is 2.56. The Labute approximate surface area is 124 Å². The number of alkyl halides is 3. The van der Waals surface area contributed by atoms with Crippen molar-refractivity contribution in [2.75, 3.05) is 5.32 Å². The number of halogens is 3. The van der Waals surface area contributed by atoms with E-state index in [2.05, 4.69) is 5.32 Å². The van der Waals surface area contributed by atoms with Gasteiger partial charge in [-0.05, 0) is 29.3 Å². The number of nitrogens with one attached hydrogen (secondary N) is 1.